The Bertz CT molecular complexity index is 1960. The molecular formula is C32H21N3. The van der Waals surface area contributed by atoms with E-state index in [4.69, 9.17) is 0 Å². The zero-order valence-corrected chi connectivity index (χ0v) is 19.2. The lowest BCUT2D eigenvalue weighted by Crippen LogP contribution is -1.94. The molecule has 2 heterocycles. The van der Waals surface area contributed by atoms with Crippen molar-refractivity contribution in [3.63, 3.8) is 0 Å². The summed E-state index contributed by atoms with van der Waals surface area (Å²) in [5.74, 6) is 0. The molecule has 0 aliphatic carbocycles. The standard InChI is InChI=1S/C32H21N3/c1-20-16-21(19-33)10-15-24(20)22-11-13-23(14-12-22)35-31-9-5-3-7-26(31)28-17-30-27(18-32(28)35)25-6-2-4-8-29(25)34-30/h2-18,34H,1H3. The maximum atomic E-state index is 9.19. The quantitative estimate of drug-likeness (QED) is 0.285. The second-order valence-corrected chi connectivity index (χ2v) is 9.13. The Kier molecular flexibility index (Phi) is 4.12. The summed E-state index contributed by atoms with van der Waals surface area (Å²) in [6.07, 6.45) is 0. The highest BCUT2D eigenvalue weighted by Crippen LogP contribution is 2.37. The first-order valence-corrected chi connectivity index (χ1v) is 11.8. The van der Waals surface area contributed by atoms with Crippen molar-refractivity contribution in [1.29, 1.82) is 5.26 Å². The lowest BCUT2D eigenvalue weighted by molar-refractivity contribution is 1.18. The van der Waals surface area contributed by atoms with Gasteiger partial charge in [-0.05, 0) is 72.1 Å². The number of nitrogens with one attached hydrogen (secondary N) is 1. The Morgan fingerprint density at radius 3 is 2.23 bits per heavy atom. The predicted molar refractivity (Wildman–Crippen MR) is 145 cm³/mol. The number of hydrogen-bond acceptors (Lipinski definition) is 1. The molecule has 0 spiro atoms. The molecule has 0 aliphatic heterocycles. The van der Waals surface area contributed by atoms with Crippen LogP contribution >= 0.6 is 0 Å². The molecule has 0 amide bonds. The SMILES string of the molecule is Cc1cc(C#N)ccc1-c1ccc(-n2c3ccccc3c3cc4[nH]c5ccccc5c4cc32)cc1. The highest BCUT2D eigenvalue weighted by Gasteiger charge is 2.15. The number of nitriles is 1. The average Bonchev–Trinajstić information content (AvgIpc) is 3.42. The predicted octanol–water partition coefficient (Wildman–Crippen LogP) is 8.27. The fourth-order valence-corrected chi connectivity index (χ4v) is 5.44. The summed E-state index contributed by atoms with van der Waals surface area (Å²) in [5, 5.41) is 14.2. The number of benzene rings is 5. The van der Waals surface area contributed by atoms with Crippen LogP contribution in [0.3, 0.4) is 0 Å². The Morgan fingerprint density at radius 1 is 0.657 bits per heavy atom. The molecular weight excluding hydrogens is 426 g/mol. The molecule has 0 bridgehead atoms. The minimum atomic E-state index is 0.691. The summed E-state index contributed by atoms with van der Waals surface area (Å²) < 4.78 is 2.36. The van der Waals surface area contributed by atoms with Gasteiger partial charge < -0.3 is 9.55 Å². The van der Waals surface area contributed by atoms with Crippen molar-refractivity contribution < 1.29 is 0 Å². The first kappa shape index (κ1) is 19.6. The van der Waals surface area contributed by atoms with Gasteiger partial charge >= 0.3 is 0 Å². The number of nitrogens with zero attached hydrogens (tertiary/aromatic N) is 2. The van der Waals surface area contributed by atoms with Gasteiger partial charge in [0, 0.05) is 38.3 Å². The monoisotopic (exact) mass is 447 g/mol. The molecule has 0 aliphatic rings. The molecule has 0 atom stereocenters. The van der Waals surface area contributed by atoms with Crippen LogP contribution < -0.4 is 0 Å². The fraction of sp³-hybridized carbons (Fsp3) is 0.0312. The number of aryl methyl sites for hydroxylation is 1. The molecule has 0 saturated carbocycles. The molecule has 7 aromatic rings. The summed E-state index contributed by atoms with van der Waals surface area (Å²) in [4.78, 5) is 3.59. The molecule has 2 aromatic heterocycles. The highest BCUT2D eigenvalue weighted by molar-refractivity contribution is 6.18. The van der Waals surface area contributed by atoms with Crippen molar-refractivity contribution in [2.75, 3.05) is 0 Å². The van der Waals surface area contributed by atoms with Crippen molar-refractivity contribution in [2.24, 2.45) is 0 Å². The summed E-state index contributed by atoms with van der Waals surface area (Å²) >= 11 is 0. The van der Waals surface area contributed by atoms with E-state index in [0.29, 0.717) is 5.56 Å². The third kappa shape index (κ3) is 2.90. The van der Waals surface area contributed by atoms with Crippen molar-refractivity contribution in [1.82, 2.24) is 9.55 Å². The van der Waals surface area contributed by atoms with Crippen LogP contribution in [-0.4, -0.2) is 9.55 Å². The fourth-order valence-electron chi connectivity index (χ4n) is 5.44. The van der Waals surface area contributed by atoms with Gasteiger partial charge in [0.1, 0.15) is 0 Å². The number of aromatic nitrogens is 2. The Hall–Kier alpha value is -4.81. The zero-order valence-electron chi connectivity index (χ0n) is 19.2. The smallest absolute Gasteiger partial charge is 0.0991 e. The van der Waals surface area contributed by atoms with Gasteiger partial charge in [-0.25, -0.2) is 0 Å². The number of rotatable bonds is 2. The van der Waals surface area contributed by atoms with Crippen LogP contribution in [0, 0.1) is 18.3 Å². The maximum Gasteiger partial charge on any atom is 0.0991 e. The molecule has 3 heteroatoms. The van der Waals surface area contributed by atoms with E-state index >= 15 is 0 Å². The number of hydrogen-bond donors (Lipinski definition) is 1. The van der Waals surface area contributed by atoms with Crippen LogP contribution in [0.5, 0.6) is 0 Å². The van der Waals surface area contributed by atoms with Crippen LogP contribution in [0.4, 0.5) is 0 Å². The second kappa shape index (κ2) is 7.35. The van der Waals surface area contributed by atoms with Crippen LogP contribution in [0.25, 0.3) is 60.4 Å². The molecule has 0 radical (unpaired) electrons. The van der Waals surface area contributed by atoms with Gasteiger partial charge in [0.2, 0.25) is 0 Å². The van der Waals surface area contributed by atoms with E-state index in [1.807, 2.05) is 18.2 Å². The van der Waals surface area contributed by atoms with Crippen molar-refractivity contribution in [3.05, 3.63) is 114 Å². The molecule has 1 N–H and O–H groups in total. The minimum Gasteiger partial charge on any atom is -0.354 e. The van der Waals surface area contributed by atoms with Crippen LogP contribution in [0.15, 0.2) is 103 Å². The minimum absolute atomic E-state index is 0.691. The Labute approximate surface area is 202 Å². The summed E-state index contributed by atoms with van der Waals surface area (Å²) in [5.41, 5.74) is 9.94. The molecule has 0 unspecified atom stereocenters. The van der Waals surface area contributed by atoms with E-state index in [0.717, 1.165) is 33.4 Å². The molecule has 3 nitrogen and oxygen atoms in total. The Balaban J connectivity index is 1.46. The molecule has 35 heavy (non-hydrogen) atoms. The third-order valence-electron chi connectivity index (χ3n) is 7.09. The van der Waals surface area contributed by atoms with Crippen molar-refractivity contribution in [2.45, 2.75) is 6.92 Å². The second-order valence-electron chi connectivity index (χ2n) is 9.13. The van der Waals surface area contributed by atoms with Crippen LogP contribution in [0.2, 0.25) is 0 Å². The van der Waals surface area contributed by atoms with Gasteiger partial charge in [-0.15, -0.1) is 0 Å². The van der Waals surface area contributed by atoms with Gasteiger partial charge in [-0.1, -0.05) is 54.6 Å². The van der Waals surface area contributed by atoms with Gasteiger partial charge in [-0.3, -0.25) is 0 Å². The highest BCUT2D eigenvalue weighted by atomic mass is 15.0. The first-order chi connectivity index (χ1) is 17.2. The van der Waals surface area contributed by atoms with Gasteiger partial charge in [0.15, 0.2) is 0 Å². The van der Waals surface area contributed by atoms with Crippen LogP contribution in [0.1, 0.15) is 11.1 Å². The molecule has 0 saturated heterocycles. The van der Waals surface area contributed by atoms with Crippen molar-refractivity contribution in [3.8, 4) is 22.9 Å². The lowest BCUT2D eigenvalue weighted by Gasteiger charge is -2.11. The summed E-state index contributed by atoms with van der Waals surface area (Å²) in [7, 11) is 0. The van der Waals surface area contributed by atoms with E-state index in [-0.39, 0.29) is 0 Å². The van der Waals surface area contributed by atoms with Crippen molar-refractivity contribution >= 4 is 43.6 Å². The molecule has 0 fully saturated rings. The summed E-state index contributed by atoms with van der Waals surface area (Å²) in [6, 6.07) is 38.5. The first-order valence-electron chi connectivity index (χ1n) is 11.8. The van der Waals surface area contributed by atoms with Crippen LogP contribution in [-0.2, 0) is 0 Å². The topological polar surface area (TPSA) is 44.5 Å². The summed E-state index contributed by atoms with van der Waals surface area (Å²) in [6.45, 7) is 2.06. The number of fused-ring (bicyclic) bond motifs is 6. The lowest BCUT2D eigenvalue weighted by atomic mass is 9.98. The average molecular weight is 448 g/mol. The van der Waals surface area contributed by atoms with E-state index in [2.05, 4.69) is 107 Å². The number of aromatic amines is 1. The van der Waals surface area contributed by atoms with E-state index < -0.39 is 0 Å². The van der Waals surface area contributed by atoms with E-state index in [1.54, 1.807) is 0 Å². The van der Waals surface area contributed by atoms with Gasteiger partial charge in [0.05, 0.1) is 22.7 Å². The van der Waals surface area contributed by atoms with Gasteiger partial charge in [-0.2, -0.15) is 5.26 Å². The largest absolute Gasteiger partial charge is 0.354 e. The van der Waals surface area contributed by atoms with E-state index in [9.17, 15) is 5.26 Å². The molecule has 164 valence electrons. The van der Waals surface area contributed by atoms with E-state index in [1.165, 1.54) is 32.6 Å². The molecule has 5 aromatic carbocycles. The zero-order chi connectivity index (χ0) is 23.5. The number of H-pyrrole nitrogens is 1. The van der Waals surface area contributed by atoms with Gasteiger partial charge in [0.25, 0.3) is 0 Å². The maximum absolute atomic E-state index is 9.19. The molecule has 7 rings (SSSR count). The number of para-hydroxylation sites is 2. The third-order valence-corrected chi connectivity index (χ3v) is 7.09. The Morgan fingerprint density at radius 2 is 1.43 bits per heavy atom. The normalized spacial score (nSPS) is 11.5.